The highest BCUT2D eigenvalue weighted by Gasteiger charge is 2.39. The average molecular weight is 366 g/mol. The molecule has 0 atom stereocenters. The van der Waals surface area contributed by atoms with Gasteiger partial charge in [-0.05, 0) is 25.5 Å². The second-order valence-corrected chi connectivity index (χ2v) is 7.62. The molecule has 0 spiro atoms. The molecule has 8 heteroatoms. The Balaban J connectivity index is 2.37. The van der Waals surface area contributed by atoms with Crippen molar-refractivity contribution in [3.05, 3.63) is 41.7 Å². The molecule has 136 valence electrons. The van der Waals surface area contributed by atoms with E-state index in [1.54, 1.807) is 38.1 Å². The number of carbonyl (C=O) groups excluding carboxylic acids is 2. The summed E-state index contributed by atoms with van der Waals surface area (Å²) >= 11 is 0. The van der Waals surface area contributed by atoms with Crippen LogP contribution < -0.4 is 0 Å². The summed E-state index contributed by atoms with van der Waals surface area (Å²) in [5, 5.41) is 0. The number of ketones is 1. The second-order valence-electron chi connectivity index (χ2n) is 5.79. The minimum Gasteiger partial charge on any atom is -0.466 e. The Morgan fingerprint density at radius 2 is 1.96 bits per heavy atom. The number of nitrogens with zero attached hydrogens (tertiary/aromatic N) is 2. The van der Waals surface area contributed by atoms with E-state index in [-0.39, 0.29) is 53.9 Å². The molecule has 0 amide bonds. The van der Waals surface area contributed by atoms with Crippen LogP contribution in [0, 0.1) is 0 Å². The smallest absolute Gasteiger partial charge is 0.305 e. The molecule has 1 heterocycles. The van der Waals surface area contributed by atoms with Gasteiger partial charge in [-0.15, -0.1) is 0 Å². The Kier molecular flexibility index (Phi) is 5.84. The van der Waals surface area contributed by atoms with E-state index >= 15 is 0 Å². The number of sulfonamides is 1. The van der Waals surface area contributed by atoms with E-state index in [9.17, 15) is 18.0 Å². The largest absolute Gasteiger partial charge is 0.466 e. The van der Waals surface area contributed by atoms with Crippen molar-refractivity contribution < 1.29 is 22.7 Å². The van der Waals surface area contributed by atoms with Gasteiger partial charge in [-0.25, -0.2) is 8.42 Å². The van der Waals surface area contributed by atoms with Gasteiger partial charge in [0.2, 0.25) is 5.78 Å². The first-order valence-corrected chi connectivity index (χ1v) is 9.43. The van der Waals surface area contributed by atoms with Gasteiger partial charge in [-0.3, -0.25) is 13.9 Å². The number of fused-ring (bicyclic) bond motifs is 1. The fraction of sp³-hybridized carbons (Fsp3) is 0.412. The molecule has 0 N–H and O–H groups in total. The predicted molar refractivity (Wildman–Crippen MR) is 92.3 cm³/mol. The van der Waals surface area contributed by atoms with Crippen LogP contribution in [0.25, 0.3) is 0 Å². The number of allylic oxidation sites excluding steroid dienone is 1. The summed E-state index contributed by atoms with van der Waals surface area (Å²) in [6, 6.07) is 6.15. The van der Waals surface area contributed by atoms with Gasteiger partial charge < -0.3 is 9.64 Å². The molecule has 2 rings (SSSR count). The predicted octanol–water partition coefficient (Wildman–Crippen LogP) is 1.62. The van der Waals surface area contributed by atoms with Gasteiger partial charge in [0.05, 0.1) is 11.5 Å². The first-order valence-electron chi connectivity index (χ1n) is 7.99. The minimum atomic E-state index is -3.86. The van der Waals surface area contributed by atoms with Crippen LogP contribution in [-0.4, -0.2) is 56.6 Å². The molecular formula is C17H22N2O5S. The summed E-state index contributed by atoms with van der Waals surface area (Å²) in [4.78, 5) is 25.9. The number of carbonyl (C=O) groups is 2. The molecule has 1 aromatic rings. The number of hydrogen-bond donors (Lipinski definition) is 0. The van der Waals surface area contributed by atoms with Crippen molar-refractivity contribution in [1.29, 1.82) is 0 Å². The average Bonchev–Trinajstić information content (AvgIpc) is 2.55. The van der Waals surface area contributed by atoms with Crippen molar-refractivity contribution >= 4 is 21.8 Å². The molecule has 0 fully saturated rings. The standard InChI is InChI=1S/C17H22N2O5S/c1-4-24-16(20)10-7-11-19-14(12-18(2)3)17(21)13-8-5-6-9-15(13)25(19,22)23/h5-6,8-9,12H,4,7,10-11H2,1-3H3/b14-12-. The summed E-state index contributed by atoms with van der Waals surface area (Å²) < 4.78 is 31.8. The molecule has 0 aliphatic carbocycles. The van der Waals surface area contributed by atoms with Crippen LogP contribution in [-0.2, 0) is 19.6 Å². The van der Waals surface area contributed by atoms with Crippen LogP contribution in [0.3, 0.4) is 0 Å². The Morgan fingerprint density at radius 1 is 1.28 bits per heavy atom. The lowest BCUT2D eigenvalue weighted by Crippen LogP contribution is -2.40. The van der Waals surface area contributed by atoms with E-state index in [0.717, 1.165) is 4.31 Å². The van der Waals surface area contributed by atoms with E-state index in [0.29, 0.717) is 0 Å². The number of ether oxygens (including phenoxy) is 1. The molecule has 25 heavy (non-hydrogen) atoms. The molecule has 7 nitrogen and oxygen atoms in total. The van der Waals surface area contributed by atoms with E-state index in [2.05, 4.69) is 0 Å². The highest BCUT2D eigenvalue weighted by molar-refractivity contribution is 7.89. The Labute approximate surface area is 147 Å². The van der Waals surface area contributed by atoms with Crippen LogP contribution in [0.4, 0.5) is 0 Å². The molecule has 0 saturated heterocycles. The number of rotatable bonds is 6. The van der Waals surface area contributed by atoms with Crippen LogP contribution in [0.15, 0.2) is 41.1 Å². The van der Waals surface area contributed by atoms with E-state index < -0.39 is 10.0 Å². The van der Waals surface area contributed by atoms with Crippen molar-refractivity contribution in [2.75, 3.05) is 27.2 Å². The van der Waals surface area contributed by atoms with Crippen molar-refractivity contribution in [3.8, 4) is 0 Å². The molecule has 0 unspecified atom stereocenters. The summed E-state index contributed by atoms with van der Waals surface area (Å²) in [7, 11) is -0.430. The maximum Gasteiger partial charge on any atom is 0.305 e. The number of hydrogen-bond acceptors (Lipinski definition) is 6. The number of esters is 1. The summed E-state index contributed by atoms with van der Waals surface area (Å²) in [5.74, 6) is -0.739. The quantitative estimate of drug-likeness (QED) is 0.562. The van der Waals surface area contributed by atoms with Crippen molar-refractivity contribution in [2.45, 2.75) is 24.7 Å². The lowest BCUT2D eigenvalue weighted by Gasteiger charge is -2.31. The lowest BCUT2D eigenvalue weighted by molar-refractivity contribution is -0.143. The third-order valence-electron chi connectivity index (χ3n) is 3.63. The van der Waals surface area contributed by atoms with Gasteiger partial charge in [-0.2, -0.15) is 0 Å². The first kappa shape index (κ1) is 19.0. The van der Waals surface area contributed by atoms with E-state index in [4.69, 9.17) is 4.74 Å². The Hall–Kier alpha value is -2.35. The zero-order valence-corrected chi connectivity index (χ0v) is 15.4. The van der Waals surface area contributed by atoms with Crippen LogP contribution >= 0.6 is 0 Å². The zero-order valence-electron chi connectivity index (χ0n) is 14.6. The van der Waals surface area contributed by atoms with Gasteiger partial charge in [0.25, 0.3) is 10.0 Å². The normalized spacial score (nSPS) is 17.3. The van der Waals surface area contributed by atoms with Crippen LogP contribution in [0.2, 0.25) is 0 Å². The Bertz CT molecular complexity index is 799. The monoisotopic (exact) mass is 366 g/mol. The maximum absolute atomic E-state index is 12.9. The van der Waals surface area contributed by atoms with Crippen LogP contribution in [0.1, 0.15) is 30.1 Å². The topological polar surface area (TPSA) is 84.0 Å². The number of Topliss-reactive ketones (excluding diaryl/α,β-unsaturated/α-hetero) is 1. The van der Waals surface area contributed by atoms with Gasteiger partial charge in [0.15, 0.2) is 0 Å². The lowest BCUT2D eigenvalue weighted by atomic mass is 10.1. The fourth-order valence-electron chi connectivity index (χ4n) is 2.59. The van der Waals surface area contributed by atoms with E-state index in [1.165, 1.54) is 18.3 Å². The van der Waals surface area contributed by atoms with Gasteiger partial charge in [0, 0.05) is 38.8 Å². The van der Waals surface area contributed by atoms with Gasteiger partial charge >= 0.3 is 5.97 Å². The third-order valence-corrected chi connectivity index (χ3v) is 5.50. The maximum atomic E-state index is 12.9. The fourth-order valence-corrected chi connectivity index (χ4v) is 4.27. The zero-order chi connectivity index (χ0) is 18.6. The molecule has 0 bridgehead atoms. The van der Waals surface area contributed by atoms with Crippen LogP contribution in [0.5, 0.6) is 0 Å². The molecule has 1 aliphatic rings. The molecule has 0 aromatic heterocycles. The van der Waals surface area contributed by atoms with E-state index in [1.807, 2.05) is 0 Å². The second kappa shape index (κ2) is 7.69. The highest BCUT2D eigenvalue weighted by atomic mass is 32.2. The van der Waals surface area contributed by atoms with Gasteiger partial charge in [0.1, 0.15) is 5.70 Å². The first-order chi connectivity index (χ1) is 11.8. The third kappa shape index (κ3) is 4.01. The Morgan fingerprint density at radius 3 is 2.60 bits per heavy atom. The molecule has 1 aliphatic heterocycles. The number of benzene rings is 1. The minimum absolute atomic E-state index is 0.00737. The molecule has 1 aromatic carbocycles. The van der Waals surface area contributed by atoms with Crippen molar-refractivity contribution in [3.63, 3.8) is 0 Å². The summed E-state index contributed by atoms with van der Waals surface area (Å²) in [6.07, 6.45) is 1.84. The molecule has 0 saturated carbocycles. The van der Waals surface area contributed by atoms with Crippen molar-refractivity contribution in [1.82, 2.24) is 9.21 Å². The SMILES string of the molecule is CCOC(=O)CCCN1/C(=C\N(C)C)C(=O)c2ccccc2S1(=O)=O. The summed E-state index contributed by atoms with van der Waals surface area (Å²) in [6.45, 7) is 2.01. The van der Waals surface area contributed by atoms with Gasteiger partial charge in [-0.1, -0.05) is 12.1 Å². The molecular weight excluding hydrogens is 344 g/mol. The summed E-state index contributed by atoms with van der Waals surface area (Å²) in [5.41, 5.74) is 0.241. The molecule has 0 radical (unpaired) electrons. The van der Waals surface area contributed by atoms with Crippen molar-refractivity contribution in [2.24, 2.45) is 0 Å². The highest BCUT2D eigenvalue weighted by Crippen LogP contribution is 2.32.